The molecule has 0 aromatic heterocycles. The molecule has 1 unspecified atom stereocenters. The van der Waals surface area contributed by atoms with Crippen molar-refractivity contribution in [2.24, 2.45) is 5.92 Å². The van der Waals surface area contributed by atoms with Crippen molar-refractivity contribution in [2.75, 3.05) is 14.2 Å². The van der Waals surface area contributed by atoms with Crippen molar-refractivity contribution in [2.45, 2.75) is 30.5 Å². The molecule has 1 aliphatic carbocycles. The molecule has 0 radical (unpaired) electrons. The van der Waals surface area contributed by atoms with E-state index in [1.165, 1.54) is 31.2 Å². The van der Waals surface area contributed by atoms with Crippen LogP contribution in [0.2, 0.25) is 0 Å². The predicted molar refractivity (Wildman–Crippen MR) is 73.2 cm³/mol. The Bertz CT molecular complexity index is 372. The van der Waals surface area contributed by atoms with E-state index in [4.69, 9.17) is 9.47 Å². The Labute approximate surface area is 111 Å². The smallest absolute Gasteiger partial charge is 0.126 e. The molecule has 1 aliphatic rings. The molecule has 0 spiro atoms. The zero-order valence-electron chi connectivity index (χ0n) is 10.4. The van der Waals surface area contributed by atoms with Crippen LogP contribution in [0.1, 0.15) is 36.1 Å². The third-order valence-electron chi connectivity index (χ3n) is 3.55. The van der Waals surface area contributed by atoms with Gasteiger partial charge >= 0.3 is 0 Å². The molecule has 0 heterocycles. The van der Waals surface area contributed by atoms with Gasteiger partial charge in [0, 0.05) is 16.5 Å². The lowest BCUT2D eigenvalue weighted by atomic mass is 9.97. The topological polar surface area (TPSA) is 18.5 Å². The maximum Gasteiger partial charge on any atom is 0.126 e. The fraction of sp³-hybridized carbons (Fsp3) is 0.571. The molecule has 1 aromatic carbocycles. The van der Waals surface area contributed by atoms with E-state index in [-0.39, 0.29) is 0 Å². The number of halogens is 1. The van der Waals surface area contributed by atoms with E-state index in [1.807, 2.05) is 12.1 Å². The summed E-state index contributed by atoms with van der Waals surface area (Å²) in [6.07, 6.45) is 5.33. The molecular weight excluding hydrogens is 280 g/mol. The van der Waals surface area contributed by atoms with Crippen molar-refractivity contribution < 1.29 is 9.47 Å². The van der Waals surface area contributed by atoms with Crippen molar-refractivity contribution in [3.63, 3.8) is 0 Å². The Morgan fingerprint density at radius 3 is 2.47 bits per heavy atom. The molecule has 0 N–H and O–H groups in total. The Balaban J connectivity index is 2.23. The SMILES string of the molecule is COc1ccc(C(Br)C2CCCC2)c(OC)c1. The van der Waals surface area contributed by atoms with Gasteiger partial charge in [-0.1, -0.05) is 34.8 Å². The van der Waals surface area contributed by atoms with Gasteiger partial charge in [-0.25, -0.2) is 0 Å². The number of hydrogen-bond acceptors (Lipinski definition) is 2. The van der Waals surface area contributed by atoms with Gasteiger partial charge < -0.3 is 9.47 Å². The van der Waals surface area contributed by atoms with Gasteiger partial charge in [0.1, 0.15) is 11.5 Å². The van der Waals surface area contributed by atoms with Crippen LogP contribution in [0.3, 0.4) is 0 Å². The van der Waals surface area contributed by atoms with Gasteiger partial charge in [0.2, 0.25) is 0 Å². The van der Waals surface area contributed by atoms with Crippen molar-refractivity contribution in [1.82, 2.24) is 0 Å². The summed E-state index contributed by atoms with van der Waals surface area (Å²) < 4.78 is 10.7. The minimum Gasteiger partial charge on any atom is -0.497 e. The standard InChI is InChI=1S/C14H19BrO2/c1-16-11-7-8-12(13(9-11)17-2)14(15)10-5-3-4-6-10/h7-10,14H,3-6H2,1-2H3. The van der Waals surface area contributed by atoms with Gasteiger partial charge in [-0.3, -0.25) is 0 Å². The summed E-state index contributed by atoms with van der Waals surface area (Å²) in [6, 6.07) is 6.06. The second kappa shape index (κ2) is 5.76. The predicted octanol–water partition coefficient (Wildman–Crippen LogP) is 4.33. The minimum absolute atomic E-state index is 0.394. The molecular formula is C14H19BrO2. The Morgan fingerprint density at radius 2 is 1.88 bits per heavy atom. The second-order valence-corrected chi connectivity index (χ2v) is 5.54. The number of alkyl halides is 1. The van der Waals surface area contributed by atoms with E-state index in [0.717, 1.165) is 17.4 Å². The summed E-state index contributed by atoms with van der Waals surface area (Å²) in [4.78, 5) is 0.394. The van der Waals surface area contributed by atoms with E-state index >= 15 is 0 Å². The van der Waals surface area contributed by atoms with Gasteiger partial charge in [0.15, 0.2) is 0 Å². The molecule has 0 amide bonds. The summed E-state index contributed by atoms with van der Waals surface area (Å²) in [5, 5.41) is 0. The van der Waals surface area contributed by atoms with E-state index in [2.05, 4.69) is 22.0 Å². The van der Waals surface area contributed by atoms with E-state index in [0.29, 0.717) is 4.83 Å². The molecule has 94 valence electrons. The van der Waals surface area contributed by atoms with Crippen LogP contribution in [-0.2, 0) is 0 Å². The molecule has 0 saturated heterocycles. The number of benzene rings is 1. The number of methoxy groups -OCH3 is 2. The quantitative estimate of drug-likeness (QED) is 0.770. The first-order valence-corrected chi connectivity index (χ1v) is 7.04. The Kier molecular flexibility index (Phi) is 4.32. The largest absolute Gasteiger partial charge is 0.497 e. The van der Waals surface area contributed by atoms with Gasteiger partial charge in [0.25, 0.3) is 0 Å². The molecule has 1 saturated carbocycles. The third kappa shape index (κ3) is 2.76. The van der Waals surface area contributed by atoms with Gasteiger partial charge in [-0.2, -0.15) is 0 Å². The van der Waals surface area contributed by atoms with Crippen LogP contribution in [0.5, 0.6) is 11.5 Å². The molecule has 1 aromatic rings. The van der Waals surface area contributed by atoms with Crippen molar-refractivity contribution in [1.29, 1.82) is 0 Å². The zero-order valence-corrected chi connectivity index (χ0v) is 12.0. The highest BCUT2D eigenvalue weighted by molar-refractivity contribution is 9.09. The molecule has 3 heteroatoms. The fourth-order valence-electron chi connectivity index (χ4n) is 2.55. The fourth-order valence-corrected chi connectivity index (χ4v) is 3.46. The summed E-state index contributed by atoms with van der Waals surface area (Å²) in [5.74, 6) is 2.49. The third-order valence-corrected chi connectivity index (χ3v) is 4.79. The Hall–Kier alpha value is -0.700. The lowest BCUT2D eigenvalue weighted by Crippen LogP contribution is -2.05. The number of rotatable bonds is 4. The highest BCUT2D eigenvalue weighted by Crippen LogP contribution is 2.44. The zero-order chi connectivity index (χ0) is 12.3. The van der Waals surface area contributed by atoms with Crippen molar-refractivity contribution in [3.8, 4) is 11.5 Å². The van der Waals surface area contributed by atoms with Crippen molar-refractivity contribution >= 4 is 15.9 Å². The maximum absolute atomic E-state index is 5.46. The monoisotopic (exact) mass is 298 g/mol. The van der Waals surface area contributed by atoms with E-state index < -0.39 is 0 Å². The van der Waals surface area contributed by atoms with Crippen LogP contribution >= 0.6 is 15.9 Å². The molecule has 2 nitrogen and oxygen atoms in total. The first kappa shape index (κ1) is 12.7. The molecule has 1 atom stereocenters. The molecule has 17 heavy (non-hydrogen) atoms. The van der Waals surface area contributed by atoms with Crippen LogP contribution < -0.4 is 9.47 Å². The average molecular weight is 299 g/mol. The molecule has 0 aliphatic heterocycles. The summed E-state index contributed by atoms with van der Waals surface area (Å²) in [6.45, 7) is 0. The lowest BCUT2D eigenvalue weighted by Gasteiger charge is -2.20. The highest BCUT2D eigenvalue weighted by Gasteiger charge is 2.26. The van der Waals surface area contributed by atoms with Crippen LogP contribution in [0.25, 0.3) is 0 Å². The average Bonchev–Trinajstić information content (AvgIpc) is 2.91. The first-order valence-electron chi connectivity index (χ1n) is 6.12. The van der Waals surface area contributed by atoms with Crippen molar-refractivity contribution in [3.05, 3.63) is 23.8 Å². The van der Waals surface area contributed by atoms with E-state index in [9.17, 15) is 0 Å². The summed E-state index contributed by atoms with van der Waals surface area (Å²) in [7, 11) is 3.39. The van der Waals surface area contributed by atoms with Crippen LogP contribution in [0, 0.1) is 5.92 Å². The first-order chi connectivity index (χ1) is 8.26. The highest BCUT2D eigenvalue weighted by atomic mass is 79.9. The maximum atomic E-state index is 5.46. The van der Waals surface area contributed by atoms with Gasteiger partial charge in [0.05, 0.1) is 14.2 Å². The summed E-state index contributed by atoms with van der Waals surface area (Å²) in [5.41, 5.74) is 1.24. The molecule has 0 bridgehead atoms. The number of hydrogen-bond donors (Lipinski definition) is 0. The minimum atomic E-state index is 0.394. The van der Waals surface area contributed by atoms with Crippen LogP contribution in [0.15, 0.2) is 18.2 Å². The van der Waals surface area contributed by atoms with Gasteiger partial charge in [-0.15, -0.1) is 0 Å². The lowest BCUT2D eigenvalue weighted by molar-refractivity contribution is 0.387. The normalized spacial score (nSPS) is 18.1. The van der Waals surface area contributed by atoms with Crippen LogP contribution in [-0.4, -0.2) is 14.2 Å². The van der Waals surface area contributed by atoms with Crippen LogP contribution in [0.4, 0.5) is 0 Å². The molecule has 1 fully saturated rings. The molecule has 2 rings (SSSR count). The second-order valence-electron chi connectivity index (χ2n) is 4.55. The Morgan fingerprint density at radius 1 is 1.18 bits per heavy atom. The van der Waals surface area contributed by atoms with Gasteiger partial charge in [-0.05, 0) is 24.8 Å². The van der Waals surface area contributed by atoms with E-state index in [1.54, 1.807) is 14.2 Å². The summed E-state index contributed by atoms with van der Waals surface area (Å²) >= 11 is 3.83. The number of ether oxygens (including phenoxy) is 2.